The molecule has 1 aromatic carbocycles. The Hall–Kier alpha value is -2.49. The number of thiophene rings is 1. The maximum atomic E-state index is 12.9. The van der Waals surface area contributed by atoms with Gasteiger partial charge in [-0.2, -0.15) is 4.31 Å². The largest absolute Gasteiger partial charge is 0.349 e. The smallest absolute Gasteiger partial charge is 0.252 e. The Balaban J connectivity index is 1.39. The molecule has 158 valence electrons. The van der Waals surface area contributed by atoms with Crippen LogP contribution in [0.5, 0.6) is 0 Å². The molecule has 0 radical (unpaired) electrons. The minimum atomic E-state index is -3.53. The SMILES string of the molecule is C[C@H](NC(=O)[C@H]1CCCN(S(=O)(=O)c2cccs2)C1)c1ccc(-n2ccnc2)cc1. The van der Waals surface area contributed by atoms with Gasteiger partial charge in [0.25, 0.3) is 10.0 Å². The van der Waals surface area contributed by atoms with E-state index in [-0.39, 0.29) is 24.4 Å². The van der Waals surface area contributed by atoms with Gasteiger partial charge in [-0.1, -0.05) is 18.2 Å². The fourth-order valence-electron chi connectivity index (χ4n) is 3.67. The van der Waals surface area contributed by atoms with Gasteiger partial charge in [-0.05, 0) is 48.9 Å². The van der Waals surface area contributed by atoms with E-state index >= 15 is 0 Å². The number of sulfonamides is 1. The van der Waals surface area contributed by atoms with Crippen LogP contribution in [0, 0.1) is 5.92 Å². The van der Waals surface area contributed by atoms with Gasteiger partial charge in [0.1, 0.15) is 4.21 Å². The third-order valence-corrected chi connectivity index (χ3v) is 8.64. The van der Waals surface area contributed by atoms with Gasteiger partial charge in [0, 0.05) is 31.2 Å². The molecule has 1 aliphatic rings. The maximum absolute atomic E-state index is 12.9. The van der Waals surface area contributed by atoms with Crippen LogP contribution in [-0.4, -0.2) is 41.3 Å². The third-order valence-electron chi connectivity index (χ3n) is 5.40. The normalized spacial score (nSPS) is 18.8. The predicted octanol–water partition coefficient (Wildman–Crippen LogP) is 3.21. The molecule has 1 amide bonds. The Morgan fingerprint density at radius 1 is 1.27 bits per heavy atom. The van der Waals surface area contributed by atoms with Gasteiger partial charge in [0.15, 0.2) is 0 Å². The minimum absolute atomic E-state index is 0.104. The lowest BCUT2D eigenvalue weighted by Crippen LogP contribution is -2.45. The average molecular weight is 445 g/mol. The van der Waals surface area contributed by atoms with Crippen molar-refractivity contribution < 1.29 is 13.2 Å². The van der Waals surface area contributed by atoms with Gasteiger partial charge >= 0.3 is 0 Å². The number of hydrogen-bond donors (Lipinski definition) is 1. The predicted molar refractivity (Wildman–Crippen MR) is 116 cm³/mol. The highest BCUT2D eigenvalue weighted by atomic mass is 32.2. The van der Waals surface area contributed by atoms with Crippen LogP contribution in [0.4, 0.5) is 0 Å². The summed E-state index contributed by atoms with van der Waals surface area (Å²) in [7, 11) is -3.53. The van der Waals surface area contributed by atoms with Crippen LogP contribution >= 0.6 is 11.3 Å². The second-order valence-corrected chi connectivity index (χ2v) is 10.5. The van der Waals surface area contributed by atoms with E-state index in [9.17, 15) is 13.2 Å². The first-order valence-electron chi connectivity index (χ1n) is 9.87. The minimum Gasteiger partial charge on any atom is -0.349 e. The molecule has 4 rings (SSSR count). The van der Waals surface area contributed by atoms with Crippen LogP contribution in [0.2, 0.25) is 0 Å². The van der Waals surface area contributed by atoms with Gasteiger partial charge in [-0.15, -0.1) is 11.3 Å². The molecule has 1 fully saturated rings. The van der Waals surface area contributed by atoms with E-state index in [4.69, 9.17) is 0 Å². The van der Waals surface area contributed by atoms with E-state index in [1.54, 1.807) is 30.0 Å². The fraction of sp³-hybridized carbons (Fsp3) is 0.333. The summed E-state index contributed by atoms with van der Waals surface area (Å²) in [6, 6.07) is 11.1. The molecule has 30 heavy (non-hydrogen) atoms. The number of amides is 1. The molecule has 7 nitrogen and oxygen atoms in total. The summed E-state index contributed by atoms with van der Waals surface area (Å²) in [6.45, 7) is 2.61. The molecule has 1 N–H and O–H groups in total. The Morgan fingerprint density at radius 3 is 2.73 bits per heavy atom. The van der Waals surface area contributed by atoms with E-state index in [2.05, 4.69) is 10.3 Å². The first-order valence-corrected chi connectivity index (χ1v) is 12.2. The number of carbonyl (C=O) groups is 1. The van der Waals surface area contributed by atoms with Gasteiger partial charge in [-0.25, -0.2) is 13.4 Å². The fourth-order valence-corrected chi connectivity index (χ4v) is 6.34. The molecule has 0 saturated carbocycles. The van der Waals surface area contributed by atoms with Crippen molar-refractivity contribution in [1.82, 2.24) is 19.2 Å². The molecule has 2 aromatic heterocycles. The second-order valence-electron chi connectivity index (χ2n) is 7.43. The number of rotatable bonds is 6. The summed E-state index contributed by atoms with van der Waals surface area (Å²) < 4.78 is 29.3. The topological polar surface area (TPSA) is 84.3 Å². The first-order chi connectivity index (χ1) is 14.4. The molecular formula is C21H24N4O3S2. The van der Waals surface area contributed by atoms with Crippen molar-refractivity contribution in [3.63, 3.8) is 0 Å². The zero-order valence-corrected chi connectivity index (χ0v) is 18.3. The van der Waals surface area contributed by atoms with Gasteiger partial charge in [0.05, 0.1) is 18.3 Å². The summed E-state index contributed by atoms with van der Waals surface area (Å²) in [5, 5.41) is 4.80. The number of imidazole rings is 1. The zero-order valence-electron chi connectivity index (χ0n) is 16.6. The summed E-state index contributed by atoms with van der Waals surface area (Å²) in [6.07, 6.45) is 6.70. The molecule has 0 bridgehead atoms. The van der Waals surface area contributed by atoms with Gasteiger partial charge in [-0.3, -0.25) is 4.79 Å². The van der Waals surface area contributed by atoms with Crippen LogP contribution in [0.1, 0.15) is 31.4 Å². The number of nitrogens with zero attached hydrogens (tertiary/aromatic N) is 3. The molecule has 1 saturated heterocycles. The second kappa shape index (κ2) is 8.71. The van der Waals surface area contributed by atoms with Crippen LogP contribution < -0.4 is 5.32 Å². The van der Waals surface area contributed by atoms with E-state index in [1.807, 2.05) is 42.0 Å². The van der Waals surface area contributed by atoms with Crippen molar-refractivity contribution in [2.24, 2.45) is 5.92 Å². The molecular weight excluding hydrogens is 420 g/mol. The number of hydrogen-bond acceptors (Lipinski definition) is 5. The van der Waals surface area contributed by atoms with E-state index in [0.29, 0.717) is 23.6 Å². The maximum Gasteiger partial charge on any atom is 0.252 e. The molecule has 2 atom stereocenters. The van der Waals surface area contributed by atoms with E-state index in [0.717, 1.165) is 11.3 Å². The van der Waals surface area contributed by atoms with Gasteiger partial charge < -0.3 is 9.88 Å². The lowest BCUT2D eigenvalue weighted by molar-refractivity contribution is -0.126. The highest BCUT2D eigenvalue weighted by Crippen LogP contribution is 2.27. The number of aromatic nitrogens is 2. The summed E-state index contributed by atoms with van der Waals surface area (Å²) in [5.74, 6) is -0.451. The monoisotopic (exact) mass is 444 g/mol. The van der Waals surface area contributed by atoms with Crippen molar-refractivity contribution in [2.75, 3.05) is 13.1 Å². The molecule has 3 aromatic rings. The Kier molecular flexibility index (Phi) is 6.03. The van der Waals surface area contributed by atoms with Crippen LogP contribution in [0.25, 0.3) is 5.69 Å². The molecule has 9 heteroatoms. The molecule has 0 unspecified atom stereocenters. The molecule has 0 spiro atoms. The summed E-state index contributed by atoms with van der Waals surface area (Å²) in [5.41, 5.74) is 1.99. The molecule has 1 aliphatic heterocycles. The lowest BCUT2D eigenvalue weighted by Gasteiger charge is -2.31. The number of nitrogens with one attached hydrogen (secondary N) is 1. The number of piperidine rings is 1. The highest BCUT2D eigenvalue weighted by molar-refractivity contribution is 7.91. The van der Waals surface area contributed by atoms with Crippen molar-refractivity contribution in [3.8, 4) is 5.69 Å². The van der Waals surface area contributed by atoms with Crippen molar-refractivity contribution >= 4 is 27.3 Å². The van der Waals surface area contributed by atoms with Crippen molar-refractivity contribution in [3.05, 3.63) is 66.1 Å². The highest BCUT2D eigenvalue weighted by Gasteiger charge is 2.34. The average Bonchev–Trinajstić information content (AvgIpc) is 3.48. The molecule has 3 heterocycles. The van der Waals surface area contributed by atoms with Crippen molar-refractivity contribution in [1.29, 1.82) is 0 Å². The zero-order chi connectivity index (χ0) is 21.1. The standard InChI is InChI=1S/C21H24N4O3S2/c1-16(17-6-8-19(9-7-17)24-12-10-22-15-24)23-21(26)18-4-2-11-25(14-18)30(27,28)20-5-3-13-29-20/h3,5-10,12-13,15-16,18H,2,4,11,14H2,1H3,(H,23,26)/t16-,18-/m0/s1. The number of carbonyl (C=O) groups excluding carboxylic acids is 1. The third kappa shape index (κ3) is 4.33. The van der Waals surface area contributed by atoms with E-state index in [1.165, 1.54) is 15.6 Å². The van der Waals surface area contributed by atoms with Crippen molar-refractivity contribution in [2.45, 2.75) is 30.0 Å². The van der Waals surface area contributed by atoms with Crippen LogP contribution in [0.15, 0.2) is 64.7 Å². The Morgan fingerprint density at radius 2 is 2.07 bits per heavy atom. The first kappa shape index (κ1) is 20.8. The Bertz CT molecular complexity index is 1080. The van der Waals surface area contributed by atoms with Crippen LogP contribution in [0.3, 0.4) is 0 Å². The van der Waals surface area contributed by atoms with E-state index < -0.39 is 10.0 Å². The summed E-state index contributed by atoms with van der Waals surface area (Å²) >= 11 is 1.21. The molecule has 0 aliphatic carbocycles. The quantitative estimate of drug-likeness (QED) is 0.633. The number of benzene rings is 1. The Labute approximate surface area is 180 Å². The van der Waals surface area contributed by atoms with Crippen LogP contribution in [-0.2, 0) is 14.8 Å². The summed E-state index contributed by atoms with van der Waals surface area (Å²) in [4.78, 5) is 16.9. The van der Waals surface area contributed by atoms with Gasteiger partial charge in [0.2, 0.25) is 5.91 Å². The lowest BCUT2D eigenvalue weighted by atomic mass is 9.98.